The number of hydrogen-bond acceptors (Lipinski definition) is 5. The maximum absolute atomic E-state index is 12.8. The first-order chi connectivity index (χ1) is 13.0. The number of carbonyl (C=O) groups is 1. The molecular weight excluding hydrogens is 340 g/mol. The molecule has 1 heterocycles. The predicted octanol–water partition coefficient (Wildman–Crippen LogP) is 4.50. The van der Waals surface area contributed by atoms with Crippen molar-refractivity contribution in [2.75, 3.05) is 18.5 Å². The first-order valence-corrected chi connectivity index (χ1v) is 9.05. The van der Waals surface area contributed by atoms with Crippen LogP contribution in [-0.2, 0) is 0 Å². The van der Waals surface area contributed by atoms with Gasteiger partial charge in [0.1, 0.15) is 17.9 Å². The minimum absolute atomic E-state index is 0.0298. The van der Waals surface area contributed by atoms with E-state index in [1.807, 2.05) is 63.2 Å². The van der Waals surface area contributed by atoms with Crippen LogP contribution in [0.5, 0.6) is 5.75 Å². The Morgan fingerprint density at radius 1 is 1.19 bits per heavy atom. The molecule has 2 aromatic carbocycles. The summed E-state index contributed by atoms with van der Waals surface area (Å²) in [6.07, 6.45) is 1.61. The van der Waals surface area contributed by atoms with Gasteiger partial charge in [-0.1, -0.05) is 44.2 Å². The summed E-state index contributed by atoms with van der Waals surface area (Å²) in [4.78, 5) is 17.3. The largest absolute Gasteiger partial charge is 0.489 e. The molecule has 0 fully saturated rings. The van der Waals surface area contributed by atoms with E-state index in [0.29, 0.717) is 16.8 Å². The number of aliphatic hydroxyl groups excluding tert-OH is 1. The molecule has 1 aromatic heterocycles. The summed E-state index contributed by atoms with van der Waals surface area (Å²) in [5.74, 6) is 0.468. The summed E-state index contributed by atoms with van der Waals surface area (Å²) in [5.41, 5.74) is 3.95. The molecule has 140 valence electrons. The number of fused-ring (bicyclic) bond motifs is 1. The van der Waals surface area contributed by atoms with Crippen molar-refractivity contribution >= 4 is 28.1 Å². The number of anilines is 2. The standard InChI is InChI=1S/C22H24N2O3/c1-14(2)22(26)17-13-23-21-16(8-6-10-19(21)27-12-11-25)20(17)24-18-9-5-4-7-15(18)3/h4-10,13-14,25H,11-12H2,1-3H3,(H,23,24). The SMILES string of the molecule is Cc1ccccc1Nc1c(C(=O)C(C)C)cnc2c(OCCO)cccc12. The number of ketones is 1. The quantitative estimate of drug-likeness (QED) is 0.604. The molecule has 2 N–H and O–H groups in total. The minimum atomic E-state index is -0.143. The van der Waals surface area contributed by atoms with Crippen molar-refractivity contribution in [1.29, 1.82) is 0 Å². The van der Waals surface area contributed by atoms with Gasteiger partial charge in [-0.2, -0.15) is 0 Å². The maximum atomic E-state index is 12.8. The van der Waals surface area contributed by atoms with Gasteiger partial charge in [0.05, 0.1) is 17.9 Å². The second-order valence-corrected chi connectivity index (χ2v) is 6.73. The monoisotopic (exact) mass is 364 g/mol. The molecule has 0 aliphatic carbocycles. The van der Waals surface area contributed by atoms with E-state index >= 15 is 0 Å². The Hall–Kier alpha value is -2.92. The van der Waals surface area contributed by atoms with E-state index in [2.05, 4.69) is 10.3 Å². The third-order valence-corrected chi connectivity index (χ3v) is 4.40. The zero-order chi connectivity index (χ0) is 19.4. The van der Waals surface area contributed by atoms with E-state index in [1.165, 1.54) is 0 Å². The number of Topliss-reactive ketones (excluding diaryl/α,β-unsaturated/α-hetero) is 1. The van der Waals surface area contributed by atoms with Gasteiger partial charge in [-0.15, -0.1) is 0 Å². The van der Waals surface area contributed by atoms with Crippen LogP contribution < -0.4 is 10.1 Å². The van der Waals surface area contributed by atoms with Crippen molar-refractivity contribution in [3.63, 3.8) is 0 Å². The van der Waals surface area contributed by atoms with E-state index in [9.17, 15) is 4.79 Å². The van der Waals surface area contributed by atoms with Gasteiger partial charge in [0.15, 0.2) is 5.78 Å². The van der Waals surface area contributed by atoms with Crippen LogP contribution >= 0.6 is 0 Å². The first kappa shape index (κ1) is 18.9. The Morgan fingerprint density at radius 3 is 2.67 bits per heavy atom. The number of nitrogens with zero attached hydrogens (tertiary/aromatic N) is 1. The molecule has 0 atom stereocenters. The van der Waals surface area contributed by atoms with E-state index < -0.39 is 0 Å². The van der Waals surface area contributed by atoms with E-state index in [-0.39, 0.29) is 24.9 Å². The molecule has 5 heteroatoms. The van der Waals surface area contributed by atoms with Gasteiger partial charge in [0.25, 0.3) is 0 Å². The van der Waals surface area contributed by atoms with E-state index in [4.69, 9.17) is 9.84 Å². The van der Waals surface area contributed by atoms with Crippen molar-refractivity contribution < 1.29 is 14.6 Å². The fourth-order valence-electron chi connectivity index (χ4n) is 2.95. The first-order valence-electron chi connectivity index (χ1n) is 9.05. The maximum Gasteiger partial charge on any atom is 0.169 e. The molecule has 3 aromatic rings. The van der Waals surface area contributed by atoms with Crippen molar-refractivity contribution in [2.24, 2.45) is 5.92 Å². The highest BCUT2D eigenvalue weighted by molar-refractivity contribution is 6.10. The summed E-state index contributed by atoms with van der Waals surface area (Å²) in [6.45, 7) is 5.89. The number of pyridine rings is 1. The molecule has 0 saturated carbocycles. The Morgan fingerprint density at radius 2 is 1.96 bits per heavy atom. The average molecular weight is 364 g/mol. The van der Waals surface area contributed by atoms with Gasteiger partial charge in [-0.05, 0) is 24.6 Å². The van der Waals surface area contributed by atoms with Crippen LogP contribution in [0.3, 0.4) is 0 Å². The van der Waals surface area contributed by atoms with Gasteiger partial charge < -0.3 is 15.2 Å². The molecule has 0 radical (unpaired) electrons. The van der Waals surface area contributed by atoms with Gasteiger partial charge in [-0.3, -0.25) is 9.78 Å². The third-order valence-electron chi connectivity index (χ3n) is 4.40. The molecule has 0 spiro atoms. The summed E-state index contributed by atoms with van der Waals surface area (Å²) < 4.78 is 5.62. The summed E-state index contributed by atoms with van der Waals surface area (Å²) in [5, 5.41) is 13.3. The lowest BCUT2D eigenvalue weighted by atomic mass is 9.98. The molecule has 3 rings (SSSR count). The molecule has 27 heavy (non-hydrogen) atoms. The van der Waals surface area contributed by atoms with Gasteiger partial charge >= 0.3 is 0 Å². The Bertz CT molecular complexity index is 967. The molecule has 0 aliphatic rings. The zero-order valence-corrected chi connectivity index (χ0v) is 15.8. The molecule has 0 unspecified atom stereocenters. The number of hydrogen-bond donors (Lipinski definition) is 2. The normalized spacial score (nSPS) is 11.0. The summed E-state index contributed by atoms with van der Waals surface area (Å²) >= 11 is 0. The van der Waals surface area contributed by atoms with Crippen molar-refractivity contribution in [1.82, 2.24) is 4.98 Å². The highest BCUT2D eigenvalue weighted by atomic mass is 16.5. The predicted molar refractivity (Wildman–Crippen MR) is 108 cm³/mol. The van der Waals surface area contributed by atoms with Crippen LogP contribution in [0.2, 0.25) is 0 Å². The minimum Gasteiger partial charge on any atom is -0.489 e. The van der Waals surface area contributed by atoms with Crippen molar-refractivity contribution in [3.8, 4) is 5.75 Å². The fraction of sp³-hybridized carbons (Fsp3) is 0.273. The smallest absolute Gasteiger partial charge is 0.169 e. The van der Waals surface area contributed by atoms with Gasteiger partial charge in [-0.25, -0.2) is 0 Å². The molecule has 0 bridgehead atoms. The zero-order valence-electron chi connectivity index (χ0n) is 15.8. The molecule has 0 amide bonds. The van der Waals surface area contributed by atoms with Crippen LogP contribution in [0.4, 0.5) is 11.4 Å². The molecule has 0 aliphatic heterocycles. The number of ether oxygens (including phenoxy) is 1. The number of para-hydroxylation sites is 2. The number of benzene rings is 2. The molecule has 0 saturated heterocycles. The van der Waals surface area contributed by atoms with Crippen LogP contribution in [-0.4, -0.2) is 29.1 Å². The molecule has 5 nitrogen and oxygen atoms in total. The Labute approximate surface area is 159 Å². The van der Waals surface area contributed by atoms with Gasteiger partial charge in [0, 0.05) is 23.2 Å². The lowest BCUT2D eigenvalue weighted by molar-refractivity contribution is 0.0940. The highest BCUT2D eigenvalue weighted by Gasteiger charge is 2.20. The van der Waals surface area contributed by atoms with Crippen LogP contribution in [0.15, 0.2) is 48.7 Å². The van der Waals surface area contributed by atoms with Gasteiger partial charge in [0.2, 0.25) is 0 Å². The Kier molecular flexibility index (Phi) is 5.72. The number of rotatable bonds is 7. The van der Waals surface area contributed by atoms with E-state index in [0.717, 1.165) is 22.3 Å². The van der Waals surface area contributed by atoms with E-state index in [1.54, 1.807) is 6.20 Å². The van der Waals surface area contributed by atoms with Crippen LogP contribution in [0.25, 0.3) is 10.9 Å². The number of carbonyl (C=O) groups excluding carboxylic acids is 1. The third kappa shape index (κ3) is 3.93. The molecular formula is C22H24N2O3. The number of aromatic nitrogens is 1. The van der Waals surface area contributed by atoms with Crippen molar-refractivity contribution in [2.45, 2.75) is 20.8 Å². The topological polar surface area (TPSA) is 71.5 Å². The lowest BCUT2D eigenvalue weighted by Crippen LogP contribution is -2.12. The summed E-state index contributed by atoms with van der Waals surface area (Å²) in [7, 11) is 0. The fourth-order valence-corrected chi connectivity index (χ4v) is 2.95. The highest BCUT2D eigenvalue weighted by Crippen LogP contribution is 2.35. The second kappa shape index (κ2) is 8.18. The van der Waals surface area contributed by atoms with Crippen LogP contribution in [0, 0.1) is 12.8 Å². The number of nitrogens with one attached hydrogen (secondary N) is 1. The van der Waals surface area contributed by atoms with Crippen molar-refractivity contribution in [3.05, 3.63) is 59.8 Å². The number of aliphatic hydroxyl groups is 1. The lowest BCUT2D eigenvalue weighted by Gasteiger charge is -2.18. The Balaban J connectivity index is 2.20. The average Bonchev–Trinajstić information content (AvgIpc) is 2.67. The van der Waals surface area contributed by atoms with Crippen LogP contribution in [0.1, 0.15) is 29.8 Å². The summed E-state index contributed by atoms with van der Waals surface area (Å²) in [6, 6.07) is 13.5. The number of aryl methyl sites for hydroxylation is 1. The second-order valence-electron chi connectivity index (χ2n) is 6.73.